The van der Waals surface area contributed by atoms with Crippen molar-refractivity contribution in [2.45, 2.75) is 103 Å². The van der Waals surface area contributed by atoms with E-state index in [4.69, 9.17) is 14.2 Å². The van der Waals surface area contributed by atoms with Crippen molar-refractivity contribution in [3.05, 3.63) is 23.9 Å². The van der Waals surface area contributed by atoms with Gasteiger partial charge < -0.3 is 29.5 Å². The third-order valence-electron chi connectivity index (χ3n) is 10.5. The van der Waals surface area contributed by atoms with Gasteiger partial charge in [-0.1, -0.05) is 34.1 Å². The zero-order valence-electron chi connectivity index (χ0n) is 27.5. The monoisotopic (exact) mass is 658 g/mol. The molecule has 3 fully saturated rings. The minimum Gasteiger partial charge on any atom is -0.497 e. The molecule has 2 aromatic rings. The van der Waals surface area contributed by atoms with E-state index in [1.807, 2.05) is 0 Å². The number of aromatic nitrogens is 2. The lowest BCUT2D eigenvalue weighted by molar-refractivity contribution is -0.151. The number of rotatable bonds is 3. The van der Waals surface area contributed by atoms with E-state index in [0.29, 0.717) is 36.8 Å². The van der Waals surface area contributed by atoms with Crippen molar-refractivity contribution in [3.63, 3.8) is 0 Å². The fraction of sp³-hybridized carbons (Fsp3) is 0.676. The lowest BCUT2D eigenvalue weighted by atomic mass is 9.85. The Morgan fingerprint density at radius 2 is 1.87 bits per heavy atom. The van der Waals surface area contributed by atoms with Crippen molar-refractivity contribution in [3.8, 4) is 11.6 Å². The molecule has 3 heterocycles. The molecule has 1 unspecified atom stereocenters. The van der Waals surface area contributed by atoms with E-state index >= 15 is 8.78 Å². The largest absolute Gasteiger partial charge is 0.497 e. The molecule has 2 aliphatic heterocycles. The van der Waals surface area contributed by atoms with Gasteiger partial charge in [-0.25, -0.2) is 19.6 Å². The van der Waals surface area contributed by atoms with Crippen LogP contribution in [0, 0.1) is 29.1 Å². The first-order valence-corrected chi connectivity index (χ1v) is 16.6. The number of halogens is 2. The van der Waals surface area contributed by atoms with Gasteiger partial charge in [0, 0.05) is 18.4 Å². The van der Waals surface area contributed by atoms with Gasteiger partial charge >= 0.3 is 12.1 Å². The summed E-state index contributed by atoms with van der Waals surface area (Å²) in [6.07, 6.45) is 0.775. The smallest absolute Gasteiger partial charge is 0.408 e. The number of hydrogen-bond acceptors (Lipinski definition) is 8. The number of benzene rings is 1. The molecule has 2 aliphatic carbocycles. The maximum Gasteiger partial charge on any atom is 0.408 e. The molecule has 1 saturated heterocycles. The lowest BCUT2D eigenvalue weighted by Gasteiger charge is -2.35. The number of fused-ring (bicyclic) bond motifs is 7. The van der Waals surface area contributed by atoms with Crippen LogP contribution in [0.5, 0.6) is 11.6 Å². The lowest BCUT2D eigenvalue weighted by Crippen LogP contribution is -2.57. The fourth-order valence-corrected chi connectivity index (χ4v) is 7.94. The van der Waals surface area contributed by atoms with Crippen LogP contribution in [-0.4, -0.2) is 75.9 Å². The van der Waals surface area contributed by atoms with E-state index in [2.05, 4.69) is 15.3 Å². The van der Waals surface area contributed by atoms with Gasteiger partial charge in [0.05, 0.1) is 24.7 Å². The second-order valence-corrected chi connectivity index (χ2v) is 14.6. The van der Waals surface area contributed by atoms with Crippen LogP contribution in [0.15, 0.2) is 18.2 Å². The summed E-state index contributed by atoms with van der Waals surface area (Å²) in [5, 5.41) is 13.1. The number of carboxylic acids is 1. The molecule has 13 heteroatoms. The summed E-state index contributed by atoms with van der Waals surface area (Å²) in [4.78, 5) is 50.2. The Morgan fingerprint density at radius 1 is 1.11 bits per heavy atom. The summed E-state index contributed by atoms with van der Waals surface area (Å²) in [5.74, 6) is -5.09. The van der Waals surface area contributed by atoms with Crippen molar-refractivity contribution in [1.29, 1.82) is 0 Å². The molecule has 1 aromatic carbocycles. The van der Waals surface area contributed by atoms with Crippen LogP contribution in [0.2, 0.25) is 0 Å². The Bertz CT molecular complexity index is 1550. The Morgan fingerprint density at radius 3 is 2.55 bits per heavy atom. The molecule has 0 radical (unpaired) electrons. The molecule has 6 rings (SSSR count). The minimum atomic E-state index is -3.41. The van der Waals surface area contributed by atoms with Gasteiger partial charge in [0.25, 0.3) is 5.92 Å². The third-order valence-corrected chi connectivity index (χ3v) is 10.5. The fourth-order valence-electron chi connectivity index (χ4n) is 7.94. The molecule has 4 aliphatic rings. The summed E-state index contributed by atoms with van der Waals surface area (Å²) in [7, 11) is 1.48. The number of carboxylic acid groups (broad SMARTS) is 1. The maximum absolute atomic E-state index is 16.1. The summed E-state index contributed by atoms with van der Waals surface area (Å²) < 4.78 is 49.7. The van der Waals surface area contributed by atoms with Crippen LogP contribution in [0.3, 0.4) is 0 Å². The molecule has 0 spiro atoms. The average Bonchev–Trinajstić information content (AvgIpc) is 3.54. The van der Waals surface area contributed by atoms with Crippen molar-refractivity contribution >= 4 is 29.0 Å². The van der Waals surface area contributed by atoms with Crippen LogP contribution in [0.4, 0.5) is 13.6 Å². The van der Waals surface area contributed by atoms with Gasteiger partial charge in [-0.3, -0.25) is 4.79 Å². The first kappa shape index (κ1) is 33.1. The number of carbonyl (C=O) groups is 3. The highest BCUT2D eigenvalue weighted by atomic mass is 19.3. The van der Waals surface area contributed by atoms with Gasteiger partial charge in [0.1, 0.15) is 30.0 Å². The zero-order chi connectivity index (χ0) is 33.8. The number of methoxy groups -OCH3 is 1. The van der Waals surface area contributed by atoms with Crippen LogP contribution in [0.1, 0.15) is 78.3 Å². The number of amides is 2. The predicted molar refractivity (Wildman–Crippen MR) is 166 cm³/mol. The molecule has 47 heavy (non-hydrogen) atoms. The molecular formula is C34H44F2N4O7. The highest BCUT2D eigenvalue weighted by Gasteiger charge is 2.55. The van der Waals surface area contributed by atoms with E-state index in [1.54, 1.807) is 45.9 Å². The summed E-state index contributed by atoms with van der Waals surface area (Å²) >= 11 is 0. The van der Waals surface area contributed by atoms with Gasteiger partial charge in [0.15, 0.2) is 5.69 Å². The van der Waals surface area contributed by atoms with Gasteiger partial charge in [-0.15, -0.1) is 0 Å². The summed E-state index contributed by atoms with van der Waals surface area (Å²) in [6, 6.07) is 2.30. The molecule has 8 atom stereocenters. The summed E-state index contributed by atoms with van der Waals surface area (Å²) in [5.41, 5.74) is -0.915. The quantitative estimate of drug-likeness (QED) is 0.435. The van der Waals surface area contributed by atoms with Crippen LogP contribution < -0.4 is 14.8 Å². The van der Waals surface area contributed by atoms with Gasteiger partial charge in [-0.05, 0) is 67.4 Å². The van der Waals surface area contributed by atoms with Crippen LogP contribution in [-0.2, 0) is 20.2 Å². The number of carbonyl (C=O) groups excluding carboxylic acids is 2. The first-order valence-electron chi connectivity index (χ1n) is 16.6. The van der Waals surface area contributed by atoms with E-state index < -0.39 is 71.4 Å². The summed E-state index contributed by atoms with van der Waals surface area (Å²) in [6.45, 7) is 6.88. The molecule has 11 nitrogen and oxygen atoms in total. The second kappa shape index (κ2) is 12.4. The third kappa shape index (κ3) is 6.41. The van der Waals surface area contributed by atoms with E-state index in [-0.39, 0.29) is 42.4 Å². The molecule has 2 amide bonds. The number of alkyl carbamates (subject to hydrolysis) is 1. The van der Waals surface area contributed by atoms with E-state index in [9.17, 15) is 19.5 Å². The number of alkyl halides is 2. The van der Waals surface area contributed by atoms with Gasteiger partial charge in [-0.2, -0.15) is 8.78 Å². The average molecular weight is 659 g/mol. The Balaban J connectivity index is 1.43. The van der Waals surface area contributed by atoms with Gasteiger partial charge in [0.2, 0.25) is 11.8 Å². The maximum atomic E-state index is 16.1. The Kier molecular flexibility index (Phi) is 8.71. The molecular weight excluding hydrogens is 614 g/mol. The topological polar surface area (TPSA) is 140 Å². The number of aliphatic carboxylic acids is 1. The Hall–Kier alpha value is -3.77. The molecule has 1 aromatic heterocycles. The SMILES string of the molecule is CC[C@@H]1[C@@H]2CN(C(=O)[C@H](C(C)(C)C)NC(=O)O[C@@H]3CC4C[C@@H]4[C@H]3CCCCC(F)(F)c3nc4ccc(OC)cc4nc3O2)[C@@H]1C(=O)O. The van der Waals surface area contributed by atoms with Crippen molar-refractivity contribution < 1.29 is 42.5 Å². The van der Waals surface area contributed by atoms with Crippen LogP contribution in [0.25, 0.3) is 11.0 Å². The number of nitrogens with zero attached hydrogens (tertiary/aromatic N) is 3. The number of nitrogens with one attached hydrogen (secondary N) is 1. The second-order valence-electron chi connectivity index (χ2n) is 14.6. The highest BCUT2D eigenvalue weighted by molar-refractivity contribution is 5.90. The normalized spacial score (nSPS) is 32.5. The Labute approximate surface area is 272 Å². The number of hydrogen-bond donors (Lipinski definition) is 2. The first-order chi connectivity index (χ1) is 22.2. The van der Waals surface area contributed by atoms with Crippen molar-refractivity contribution in [1.82, 2.24) is 20.2 Å². The van der Waals surface area contributed by atoms with Crippen LogP contribution >= 0.6 is 0 Å². The highest BCUT2D eigenvalue weighted by Crippen LogP contribution is 2.58. The van der Waals surface area contributed by atoms with E-state index in [1.165, 1.54) is 12.0 Å². The molecule has 2 N–H and O–H groups in total. The molecule has 2 bridgehead atoms. The standard InChI is InChI=1S/C34H44F2N4O7/c1-6-19-25-16-40(26(19)31(42)43)30(41)28(33(2,3)4)39-32(44)47-24-14-17-13-21(17)20(24)9-7-8-12-34(35,36)27-29(46-25)38-23-15-18(45-5)10-11-22(23)37-27/h10-11,15,17,19-21,24-26,28H,6-9,12-14,16H2,1-5H3,(H,39,44)(H,42,43)/t17?,19-,20-,21+,24-,25+,26+,28-/m1/s1. The van der Waals surface area contributed by atoms with Crippen molar-refractivity contribution in [2.24, 2.45) is 29.1 Å². The van der Waals surface area contributed by atoms with Crippen molar-refractivity contribution in [2.75, 3.05) is 13.7 Å². The zero-order valence-corrected chi connectivity index (χ0v) is 27.5. The molecule has 256 valence electrons. The predicted octanol–water partition coefficient (Wildman–Crippen LogP) is 5.54. The van der Waals surface area contributed by atoms with E-state index in [0.717, 1.165) is 6.42 Å². The number of ether oxygens (including phenoxy) is 3. The molecule has 2 saturated carbocycles. The minimum absolute atomic E-state index is 0.0532.